The zero-order valence-corrected chi connectivity index (χ0v) is 14.2. The molecular formula is C14H23BrN2O2. The molecule has 0 fully saturated rings. The number of ether oxygens (including phenoxy) is 1. The average molecular weight is 331 g/mol. The molecule has 1 rings (SSSR count). The van der Waals surface area contributed by atoms with Gasteiger partial charge < -0.3 is 4.74 Å². The predicted octanol–water partition coefficient (Wildman–Crippen LogP) is 3.05. The van der Waals surface area contributed by atoms with Gasteiger partial charge in [-0.25, -0.2) is 0 Å². The predicted molar refractivity (Wildman–Crippen MR) is 79.2 cm³/mol. The molecule has 0 bridgehead atoms. The molecule has 0 N–H and O–H groups in total. The molecule has 1 aromatic heterocycles. The summed E-state index contributed by atoms with van der Waals surface area (Å²) in [5.74, 6) is 0.0954. The van der Waals surface area contributed by atoms with Gasteiger partial charge in [0.2, 0.25) is 0 Å². The number of hydrogen-bond donors (Lipinski definition) is 0. The molecule has 0 radical (unpaired) electrons. The van der Waals surface area contributed by atoms with Crippen LogP contribution in [0.25, 0.3) is 0 Å². The number of nitrogens with zero attached hydrogens (tertiary/aromatic N) is 2. The molecular weight excluding hydrogens is 308 g/mol. The minimum atomic E-state index is -0.389. The maximum Gasteiger partial charge on any atom is 0.168 e. The third-order valence-electron chi connectivity index (χ3n) is 3.02. The molecule has 19 heavy (non-hydrogen) atoms. The van der Waals surface area contributed by atoms with Crippen LogP contribution >= 0.6 is 15.9 Å². The highest BCUT2D eigenvalue weighted by molar-refractivity contribution is 9.10. The van der Waals surface area contributed by atoms with Gasteiger partial charge in [-0.1, -0.05) is 20.8 Å². The van der Waals surface area contributed by atoms with Gasteiger partial charge in [-0.05, 0) is 35.2 Å². The van der Waals surface area contributed by atoms with Crippen molar-refractivity contribution in [2.45, 2.75) is 47.1 Å². The summed E-state index contributed by atoms with van der Waals surface area (Å²) in [6.07, 6.45) is -0.0561. The first kappa shape index (κ1) is 16.4. The van der Waals surface area contributed by atoms with E-state index < -0.39 is 0 Å². The van der Waals surface area contributed by atoms with E-state index in [1.807, 2.05) is 41.7 Å². The van der Waals surface area contributed by atoms with Crippen LogP contribution in [-0.4, -0.2) is 28.3 Å². The number of carbonyl (C=O) groups is 1. The molecule has 5 heteroatoms. The summed E-state index contributed by atoms with van der Waals surface area (Å²) in [6, 6.07) is 0. The number of aromatic nitrogens is 2. The zero-order valence-electron chi connectivity index (χ0n) is 12.6. The molecule has 0 aliphatic rings. The van der Waals surface area contributed by atoms with Crippen molar-refractivity contribution in [2.75, 3.05) is 6.61 Å². The first-order chi connectivity index (χ1) is 8.68. The van der Waals surface area contributed by atoms with Crippen LogP contribution in [0, 0.1) is 12.3 Å². The smallest absolute Gasteiger partial charge is 0.168 e. The first-order valence-corrected chi connectivity index (χ1v) is 7.30. The van der Waals surface area contributed by atoms with E-state index in [-0.39, 0.29) is 17.3 Å². The minimum Gasteiger partial charge on any atom is -0.370 e. The molecule has 4 nitrogen and oxygen atoms in total. The Morgan fingerprint density at radius 1 is 1.47 bits per heavy atom. The van der Waals surface area contributed by atoms with Crippen molar-refractivity contribution >= 4 is 21.7 Å². The van der Waals surface area contributed by atoms with Crippen LogP contribution in [-0.2, 0) is 23.0 Å². The zero-order chi connectivity index (χ0) is 14.8. The van der Waals surface area contributed by atoms with E-state index in [4.69, 9.17) is 4.74 Å². The van der Waals surface area contributed by atoms with Gasteiger partial charge in [-0.2, -0.15) is 5.10 Å². The highest BCUT2D eigenvalue weighted by Crippen LogP contribution is 2.26. The van der Waals surface area contributed by atoms with Crippen molar-refractivity contribution < 1.29 is 9.53 Å². The molecule has 1 aromatic rings. The van der Waals surface area contributed by atoms with E-state index >= 15 is 0 Å². The van der Waals surface area contributed by atoms with Gasteiger partial charge in [-0.15, -0.1) is 0 Å². The Hall–Kier alpha value is -0.680. The van der Waals surface area contributed by atoms with Crippen LogP contribution in [0.4, 0.5) is 0 Å². The molecule has 0 amide bonds. The lowest BCUT2D eigenvalue weighted by molar-refractivity contribution is -0.136. The fourth-order valence-corrected chi connectivity index (χ4v) is 2.60. The van der Waals surface area contributed by atoms with Crippen molar-refractivity contribution in [1.29, 1.82) is 0 Å². The van der Waals surface area contributed by atoms with Crippen molar-refractivity contribution in [2.24, 2.45) is 12.5 Å². The molecule has 1 atom stereocenters. The number of rotatable bonds is 5. The third kappa shape index (κ3) is 3.89. The Labute approximate surface area is 123 Å². The summed E-state index contributed by atoms with van der Waals surface area (Å²) in [7, 11) is 1.85. The first-order valence-electron chi connectivity index (χ1n) is 6.50. The fourth-order valence-electron chi connectivity index (χ4n) is 2.12. The highest BCUT2D eigenvalue weighted by Gasteiger charge is 2.32. The Balaban J connectivity index is 2.94. The van der Waals surface area contributed by atoms with Gasteiger partial charge in [0, 0.05) is 13.7 Å². The summed E-state index contributed by atoms with van der Waals surface area (Å²) in [5.41, 5.74) is 1.60. The maximum atomic E-state index is 12.5. The molecule has 0 saturated heterocycles. The van der Waals surface area contributed by atoms with Crippen molar-refractivity contribution in [3.05, 3.63) is 15.9 Å². The lowest BCUT2D eigenvalue weighted by Gasteiger charge is -2.29. The summed E-state index contributed by atoms with van der Waals surface area (Å²) in [4.78, 5) is 12.5. The highest BCUT2D eigenvalue weighted by atomic mass is 79.9. The third-order valence-corrected chi connectivity index (χ3v) is 4.05. The molecule has 0 saturated carbocycles. The van der Waals surface area contributed by atoms with E-state index in [0.29, 0.717) is 13.0 Å². The minimum absolute atomic E-state index is 0.0954. The summed E-state index contributed by atoms with van der Waals surface area (Å²) in [6.45, 7) is 10.4. The van der Waals surface area contributed by atoms with Crippen LogP contribution < -0.4 is 0 Å². The summed E-state index contributed by atoms with van der Waals surface area (Å²) >= 11 is 3.49. The summed E-state index contributed by atoms with van der Waals surface area (Å²) < 4.78 is 8.30. The topological polar surface area (TPSA) is 44.1 Å². The lowest BCUT2D eigenvalue weighted by Crippen LogP contribution is -2.38. The number of ketones is 1. The van der Waals surface area contributed by atoms with Crippen molar-refractivity contribution in [3.8, 4) is 0 Å². The van der Waals surface area contributed by atoms with Crippen molar-refractivity contribution in [1.82, 2.24) is 9.78 Å². The second-order valence-electron chi connectivity index (χ2n) is 5.81. The van der Waals surface area contributed by atoms with Gasteiger partial charge >= 0.3 is 0 Å². The molecule has 1 unspecified atom stereocenters. The van der Waals surface area contributed by atoms with Crippen LogP contribution in [0.3, 0.4) is 0 Å². The number of aryl methyl sites for hydroxylation is 2. The lowest BCUT2D eigenvalue weighted by atomic mass is 9.85. The second kappa shape index (κ2) is 6.18. The van der Waals surface area contributed by atoms with Gasteiger partial charge in [0.15, 0.2) is 5.78 Å². The number of halogens is 1. The van der Waals surface area contributed by atoms with E-state index in [1.165, 1.54) is 0 Å². The van der Waals surface area contributed by atoms with Crippen LogP contribution in [0.15, 0.2) is 4.47 Å². The maximum absolute atomic E-state index is 12.5. The average Bonchev–Trinajstić information content (AvgIpc) is 2.51. The van der Waals surface area contributed by atoms with Gasteiger partial charge in [-0.3, -0.25) is 9.48 Å². The standard InChI is InChI=1S/C14H23BrN2O2/c1-7-19-13(14(3,4)5)11(18)8-10-12(15)9(2)16-17(10)6/h13H,7-8H2,1-6H3. The van der Waals surface area contributed by atoms with E-state index in [9.17, 15) is 4.79 Å². The number of hydrogen-bond acceptors (Lipinski definition) is 3. The van der Waals surface area contributed by atoms with Crippen molar-refractivity contribution in [3.63, 3.8) is 0 Å². The van der Waals surface area contributed by atoms with E-state index in [1.54, 1.807) is 4.68 Å². The Morgan fingerprint density at radius 3 is 2.42 bits per heavy atom. The molecule has 0 aliphatic heterocycles. The van der Waals surface area contributed by atoms with E-state index in [2.05, 4.69) is 21.0 Å². The molecule has 1 heterocycles. The normalized spacial score (nSPS) is 13.6. The SMILES string of the molecule is CCOC(C(=O)Cc1c(Br)c(C)nn1C)C(C)(C)C. The number of Topliss-reactive ketones (excluding diaryl/α,β-unsaturated/α-hetero) is 1. The number of carbonyl (C=O) groups excluding carboxylic acids is 1. The van der Waals surface area contributed by atoms with Gasteiger partial charge in [0.1, 0.15) is 6.10 Å². The van der Waals surface area contributed by atoms with Crippen LogP contribution in [0.5, 0.6) is 0 Å². The molecule has 0 aromatic carbocycles. The van der Waals surface area contributed by atoms with E-state index in [0.717, 1.165) is 15.9 Å². The Kier molecular flexibility index (Phi) is 5.33. The van der Waals surface area contributed by atoms with Gasteiger partial charge in [0.05, 0.1) is 22.3 Å². The molecule has 0 aliphatic carbocycles. The molecule has 108 valence electrons. The Morgan fingerprint density at radius 2 is 2.05 bits per heavy atom. The Bertz CT molecular complexity index is 461. The monoisotopic (exact) mass is 330 g/mol. The quantitative estimate of drug-likeness (QED) is 0.833. The van der Waals surface area contributed by atoms with Crippen LogP contribution in [0.1, 0.15) is 39.1 Å². The van der Waals surface area contributed by atoms with Crippen LogP contribution in [0.2, 0.25) is 0 Å². The largest absolute Gasteiger partial charge is 0.370 e. The molecule has 0 spiro atoms. The van der Waals surface area contributed by atoms with Gasteiger partial charge in [0.25, 0.3) is 0 Å². The summed E-state index contributed by atoms with van der Waals surface area (Å²) in [5, 5.41) is 4.31. The fraction of sp³-hybridized carbons (Fsp3) is 0.714. The second-order valence-corrected chi connectivity index (χ2v) is 6.61.